The van der Waals surface area contributed by atoms with Crippen molar-refractivity contribution in [3.8, 4) is 0 Å². The van der Waals surface area contributed by atoms with E-state index in [1.165, 1.54) is 18.2 Å². The number of hydrogen-bond donors (Lipinski definition) is 2. The van der Waals surface area contributed by atoms with Gasteiger partial charge in [0.1, 0.15) is 0 Å². The third kappa shape index (κ3) is 4.51. The topological polar surface area (TPSA) is 78.5 Å². The van der Waals surface area contributed by atoms with E-state index in [9.17, 15) is 26.4 Å². The maximum absolute atomic E-state index is 13.1. The summed E-state index contributed by atoms with van der Waals surface area (Å²) in [6, 6.07) is 12.6. The number of rotatable bonds is 4. The maximum Gasteiger partial charge on any atom is 0.416 e. The predicted molar refractivity (Wildman–Crippen MR) is 119 cm³/mol. The molecule has 1 heterocycles. The molecule has 0 fully saturated rings. The smallest absolute Gasteiger partial charge is 0.322 e. The van der Waals surface area contributed by atoms with E-state index in [1.54, 1.807) is 18.2 Å². The van der Waals surface area contributed by atoms with Crippen LogP contribution in [0.25, 0.3) is 0 Å². The molecule has 3 aromatic rings. The Morgan fingerprint density at radius 2 is 1.67 bits per heavy atom. The van der Waals surface area contributed by atoms with E-state index in [1.807, 2.05) is 0 Å². The molecular formula is C21H14Cl2F3N3O3S. The Labute approximate surface area is 196 Å². The predicted octanol–water partition coefficient (Wildman–Crippen LogP) is 5.48. The number of sulfonamides is 1. The highest BCUT2D eigenvalue weighted by Crippen LogP contribution is 2.35. The van der Waals surface area contributed by atoms with E-state index in [0.29, 0.717) is 11.6 Å². The van der Waals surface area contributed by atoms with Gasteiger partial charge in [0.15, 0.2) is 0 Å². The summed E-state index contributed by atoms with van der Waals surface area (Å²) in [5.74, 6) is -0.608. The Kier molecular flexibility index (Phi) is 6.04. The standard InChI is InChI=1S/C21H14Cl2F3N3O3S/c22-16-5-2-6-17(23)19(16)20(30)28-14-8-7-12-11-27-29(18(12)10-14)33(31,32)15-4-1-3-13(9-15)21(24,25)26/h1-10,27H,11H2,(H,28,30). The second kappa shape index (κ2) is 8.53. The number of nitrogens with one attached hydrogen (secondary N) is 2. The molecule has 6 nitrogen and oxygen atoms in total. The summed E-state index contributed by atoms with van der Waals surface area (Å²) in [6.07, 6.45) is -4.70. The number of amides is 1. The largest absolute Gasteiger partial charge is 0.416 e. The van der Waals surface area contributed by atoms with Crippen molar-refractivity contribution in [3.63, 3.8) is 0 Å². The molecule has 2 N–H and O–H groups in total. The SMILES string of the molecule is O=C(Nc1ccc2c(c1)N(S(=O)(=O)c1cccc(C(F)(F)F)c1)NC2)c1c(Cl)cccc1Cl. The number of benzene rings is 3. The summed E-state index contributed by atoms with van der Waals surface area (Å²) in [5.41, 5.74) is 2.59. The van der Waals surface area contributed by atoms with Gasteiger partial charge in [-0.3, -0.25) is 4.79 Å². The highest BCUT2D eigenvalue weighted by molar-refractivity contribution is 7.92. The zero-order chi connectivity index (χ0) is 24.0. The van der Waals surface area contributed by atoms with Crippen molar-refractivity contribution >= 4 is 50.5 Å². The first-order chi connectivity index (χ1) is 15.5. The molecule has 1 aliphatic rings. The quantitative estimate of drug-likeness (QED) is 0.482. The van der Waals surface area contributed by atoms with Gasteiger partial charge in [-0.2, -0.15) is 26.0 Å². The summed E-state index contributed by atoms with van der Waals surface area (Å²) in [5, 5.41) is 2.88. The highest BCUT2D eigenvalue weighted by atomic mass is 35.5. The maximum atomic E-state index is 13.1. The minimum atomic E-state index is -4.70. The Hall–Kier alpha value is -2.79. The Balaban J connectivity index is 1.66. The molecule has 12 heteroatoms. The summed E-state index contributed by atoms with van der Waals surface area (Å²) < 4.78 is 66.2. The van der Waals surface area contributed by atoms with Crippen molar-refractivity contribution in [1.29, 1.82) is 0 Å². The molecule has 1 amide bonds. The molecule has 33 heavy (non-hydrogen) atoms. The number of carbonyl (C=O) groups is 1. The molecular weight excluding hydrogens is 502 g/mol. The number of fused-ring (bicyclic) bond motifs is 1. The second-order valence-corrected chi connectivity index (χ2v) is 9.63. The van der Waals surface area contributed by atoms with Crippen LogP contribution >= 0.6 is 23.2 Å². The molecule has 0 spiro atoms. The third-order valence-corrected chi connectivity index (χ3v) is 7.15. The van der Waals surface area contributed by atoms with Crippen molar-refractivity contribution in [2.45, 2.75) is 17.6 Å². The fraction of sp³-hybridized carbons (Fsp3) is 0.0952. The summed E-state index contributed by atoms with van der Waals surface area (Å²) >= 11 is 12.1. The molecule has 0 unspecified atom stereocenters. The molecule has 3 aromatic carbocycles. The third-order valence-electron chi connectivity index (χ3n) is 4.86. The molecule has 0 atom stereocenters. The normalized spacial score (nSPS) is 13.7. The fourth-order valence-corrected chi connectivity index (χ4v) is 5.25. The van der Waals surface area contributed by atoms with Crippen LogP contribution in [0.4, 0.5) is 24.5 Å². The van der Waals surface area contributed by atoms with Crippen LogP contribution in [0.5, 0.6) is 0 Å². The number of alkyl halides is 3. The number of halogens is 5. The lowest BCUT2D eigenvalue weighted by atomic mass is 10.1. The van der Waals surface area contributed by atoms with Crippen LogP contribution in [0.1, 0.15) is 21.5 Å². The Bertz CT molecular complexity index is 1340. The molecule has 0 bridgehead atoms. The summed E-state index contributed by atoms with van der Waals surface area (Å²) in [4.78, 5) is 12.1. The van der Waals surface area contributed by atoms with Crippen LogP contribution in [0.15, 0.2) is 65.6 Å². The molecule has 1 aliphatic heterocycles. The van der Waals surface area contributed by atoms with Crippen LogP contribution in [0.2, 0.25) is 10.0 Å². The number of hydrazine groups is 1. The van der Waals surface area contributed by atoms with E-state index < -0.39 is 32.6 Å². The molecule has 0 aromatic heterocycles. The molecule has 0 aliphatic carbocycles. The lowest BCUT2D eigenvalue weighted by molar-refractivity contribution is -0.137. The summed E-state index contributed by atoms with van der Waals surface area (Å²) in [6.45, 7) is 0.123. The van der Waals surface area contributed by atoms with Gasteiger partial charge < -0.3 is 5.32 Å². The zero-order valence-corrected chi connectivity index (χ0v) is 18.8. The van der Waals surface area contributed by atoms with Crippen LogP contribution in [0.3, 0.4) is 0 Å². The number of nitrogens with zero attached hydrogens (tertiary/aromatic N) is 1. The van der Waals surface area contributed by atoms with Crippen molar-refractivity contribution in [2.24, 2.45) is 0 Å². The van der Waals surface area contributed by atoms with Crippen molar-refractivity contribution in [2.75, 3.05) is 9.73 Å². The highest BCUT2D eigenvalue weighted by Gasteiger charge is 2.35. The average molecular weight is 516 g/mol. The molecule has 4 rings (SSSR count). The first-order valence-electron chi connectivity index (χ1n) is 9.33. The number of carbonyl (C=O) groups excluding carboxylic acids is 1. The molecule has 0 radical (unpaired) electrons. The van der Waals surface area contributed by atoms with Gasteiger partial charge in [-0.05, 0) is 48.0 Å². The van der Waals surface area contributed by atoms with E-state index in [2.05, 4.69) is 10.7 Å². The minimum absolute atomic E-state index is 0.0490. The zero-order valence-electron chi connectivity index (χ0n) is 16.5. The van der Waals surface area contributed by atoms with E-state index in [0.717, 1.165) is 22.6 Å². The second-order valence-electron chi connectivity index (χ2n) is 7.02. The first-order valence-corrected chi connectivity index (χ1v) is 11.5. The Morgan fingerprint density at radius 1 is 1.00 bits per heavy atom. The average Bonchev–Trinajstić information content (AvgIpc) is 3.17. The van der Waals surface area contributed by atoms with Crippen LogP contribution in [-0.4, -0.2) is 14.3 Å². The lowest BCUT2D eigenvalue weighted by Gasteiger charge is -2.20. The van der Waals surface area contributed by atoms with Crippen molar-refractivity contribution in [1.82, 2.24) is 5.43 Å². The van der Waals surface area contributed by atoms with Gasteiger partial charge in [0.2, 0.25) is 0 Å². The number of hydrogen-bond acceptors (Lipinski definition) is 4. The van der Waals surface area contributed by atoms with Crippen LogP contribution in [-0.2, 0) is 22.7 Å². The van der Waals surface area contributed by atoms with Crippen LogP contribution in [0, 0.1) is 0 Å². The van der Waals surface area contributed by atoms with E-state index >= 15 is 0 Å². The monoisotopic (exact) mass is 515 g/mol. The summed E-state index contributed by atoms with van der Waals surface area (Å²) in [7, 11) is -4.38. The van der Waals surface area contributed by atoms with Gasteiger partial charge >= 0.3 is 6.18 Å². The molecule has 0 saturated carbocycles. The molecule has 172 valence electrons. The van der Waals surface area contributed by atoms with Gasteiger partial charge in [-0.1, -0.05) is 41.4 Å². The van der Waals surface area contributed by atoms with Crippen molar-refractivity contribution in [3.05, 3.63) is 87.4 Å². The fourth-order valence-electron chi connectivity index (χ4n) is 3.28. The molecule has 0 saturated heterocycles. The van der Waals surface area contributed by atoms with Gasteiger partial charge in [0, 0.05) is 12.2 Å². The van der Waals surface area contributed by atoms with Crippen LogP contribution < -0.4 is 15.2 Å². The van der Waals surface area contributed by atoms with Gasteiger partial charge in [-0.25, -0.2) is 5.43 Å². The van der Waals surface area contributed by atoms with Crippen molar-refractivity contribution < 1.29 is 26.4 Å². The number of anilines is 2. The lowest BCUT2D eigenvalue weighted by Crippen LogP contribution is -2.38. The van der Waals surface area contributed by atoms with Gasteiger partial charge in [0.05, 0.1) is 31.8 Å². The van der Waals surface area contributed by atoms with Gasteiger partial charge in [-0.15, -0.1) is 0 Å². The Morgan fingerprint density at radius 3 is 2.33 bits per heavy atom. The van der Waals surface area contributed by atoms with E-state index in [4.69, 9.17) is 23.2 Å². The van der Waals surface area contributed by atoms with Gasteiger partial charge in [0.25, 0.3) is 15.9 Å². The van der Waals surface area contributed by atoms with E-state index in [-0.39, 0.29) is 33.5 Å². The minimum Gasteiger partial charge on any atom is -0.322 e. The first kappa shape index (κ1) is 23.4.